The Kier molecular flexibility index (Phi) is 4.91. The summed E-state index contributed by atoms with van der Waals surface area (Å²) >= 11 is 0. The molecule has 3 N–H and O–H groups in total. The van der Waals surface area contributed by atoms with Crippen LogP contribution in [0.3, 0.4) is 0 Å². The van der Waals surface area contributed by atoms with Crippen molar-refractivity contribution in [3.05, 3.63) is 0 Å². The van der Waals surface area contributed by atoms with Crippen molar-refractivity contribution in [2.45, 2.75) is 38.3 Å². The monoisotopic (exact) mass is 244 g/mol. The Balaban J connectivity index is 2.31. The van der Waals surface area contributed by atoms with Gasteiger partial charge in [-0.2, -0.15) is 0 Å². The lowest BCUT2D eigenvalue weighted by molar-refractivity contribution is -0.165. The van der Waals surface area contributed by atoms with Crippen LogP contribution < -0.4 is 5.73 Å². The van der Waals surface area contributed by atoms with Crippen molar-refractivity contribution in [1.82, 2.24) is 4.90 Å². The molecule has 0 spiro atoms. The van der Waals surface area contributed by atoms with Gasteiger partial charge in [-0.25, -0.2) is 0 Å². The molecule has 0 aliphatic carbocycles. The number of hydrogen-bond donors (Lipinski definition) is 2. The van der Waals surface area contributed by atoms with Gasteiger partial charge in [0.2, 0.25) is 5.91 Å². The predicted octanol–water partition coefficient (Wildman–Crippen LogP) is -0.0304. The third-order valence-electron chi connectivity index (χ3n) is 3.50. The molecule has 1 heterocycles. The Hall–Kier alpha value is -0.650. The van der Waals surface area contributed by atoms with Gasteiger partial charge in [-0.15, -0.1) is 0 Å². The fourth-order valence-electron chi connectivity index (χ4n) is 1.94. The van der Waals surface area contributed by atoms with Crippen molar-refractivity contribution in [2.24, 2.45) is 11.7 Å². The summed E-state index contributed by atoms with van der Waals surface area (Å²) in [5.41, 5.74) is 5.08. The molecule has 0 radical (unpaired) electrons. The average Bonchev–Trinajstić information content (AvgIpc) is 2.23. The fraction of sp³-hybridized carbons (Fsp3) is 0.917. The lowest BCUT2D eigenvalue weighted by atomic mass is 9.82. The quantitative estimate of drug-likeness (QED) is 0.643. The number of hydrogen-bond acceptors (Lipinski definition) is 4. The number of methoxy groups -OCH3 is 1. The minimum absolute atomic E-state index is 0.0635. The predicted molar refractivity (Wildman–Crippen MR) is 65.5 cm³/mol. The molecule has 0 aromatic carbocycles. The summed E-state index contributed by atoms with van der Waals surface area (Å²) in [5.74, 6) is 0.0997. The van der Waals surface area contributed by atoms with E-state index < -0.39 is 11.6 Å². The van der Waals surface area contributed by atoms with E-state index in [4.69, 9.17) is 10.5 Å². The largest absolute Gasteiger partial charge is 0.386 e. The topological polar surface area (TPSA) is 75.8 Å². The molecule has 5 heteroatoms. The van der Waals surface area contributed by atoms with E-state index in [-0.39, 0.29) is 11.8 Å². The molecule has 1 rings (SSSR count). The van der Waals surface area contributed by atoms with Crippen LogP contribution in [0.5, 0.6) is 0 Å². The Morgan fingerprint density at radius 3 is 2.59 bits per heavy atom. The van der Waals surface area contributed by atoms with Crippen LogP contribution in [0.1, 0.15) is 26.7 Å². The van der Waals surface area contributed by atoms with E-state index in [0.717, 1.165) is 6.42 Å². The van der Waals surface area contributed by atoms with E-state index in [1.807, 2.05) is 13.8 Å². The summed E-state index contributed by atoms with van der Waals surface area (Å²) in [6.07, 6.45) is 1.41. The van der Waals surface area contributed by atoms with Gasteiger partial charge in [0.15, 0.2) is 0 Å². The zero-order valence-electron chi connectivity index (χ0n) is 11.0. The number of likely N-dealkylation sites (tertiary alicyclic amines) is 1. The van der Waals surface area contributed by atoms with Gasteiger partial charge in [-0.1, -0.05) is 13.8 Å². The number of carbonyl (C=O) groups is 1. The number of nitrogens with zero attached hydrogens (tertiary/aromatic N) is 1. The van der Waals surface area contributed by atoms with Gasteiger partial charge in [0.1, 0.15) is 5.60 Å². The van der Waals surface area contributed by atoms with Gasteiger partial charge in [0.25, 0.3) is 0 Å². The van der Waals surface area contributed by atoms with Gasteiger partial charge < -0.3 is 20.5 Å². The number of carbonyl (C=O) groups excluding carboxylic acids is 1. The van der Waals surface area contributed by atoms with E-state index in [0.29, 0.717) is 26.1 Å². The Labute approximate surface area is 103 Å². The highest BCUT2D eigenvalue weighted by Crippen LogP contribution is 2.28. The second-order valence-electron chi connectivity index (χ2n) is 5.19. The molecular weight excluding hydrogens is 220 g/mol. The van der Waals surface area contributed by atoms with Crippen LogP contribution in [0.4, 0.5) is 0 Å². The van der Waals surface area contributed by atoms with E-state index in [1.165, 1.54) is 0 Å². The summed E-state index contributed by atoms with van der Waals surface area (Å²) in [4.78, 5) is 13.5. The Morgan fingerprint density at radius 2 is 2.12 bits per heavy atom. The van der Waals surface area contributed by atoms with Crippen molar-refractivity contribution in [3.63, 3.8) is 0 Å². The molecule has 5 nitrogen and oxygen atoms in total. The number of amides is 1. The normalized spacial score (nSPS) is 20.2. The van der Waals surface area contributed by atoms with Crippen LogP contribution in [0.25, 0.3) is 0 Å². The van der Waals surface area contributed by atoms with E-state index in [2.05, 4.69) is 0 Å². The van der Waals surface area contributed by atoms with Crippen LogP contribution >= 0.6 is 0 Å². The van der Waals surface area contributed by atoms with Gasteiger partial charge in [-0.05, 0) is 18.8 Å². The average molecular weight is 244 g/mol. The maximum atomic E-state index is 11.9. The van der Waals surface area contributed by atoms with Gasteiger partial charge in [-0.3, -0.25) is 4.79 Å². The molecule has 0 saturated carbocycles. The van der Waals surface area contributed by atoms with Crippen molar-refractivity contribution >= 4 is 5.91 Å². The third-order valence-corrected chi connectivity index (χ3v) is 3.50. The highest BCUT2D eigenvalue weighted by molar-refractivity contribution is 5.82. The first-order valence-corrected chi connectivity index (χ1v) is 6.16. The molecule has 1 aliphatic heterocycles. The molecule has 1 atom stereocenters. The lowest BCUT2D eigenvalue weighted by Gasteiger charge is -2.49. The minimum Gasteiger partial charge on any atom is -0.386 e. The summed E-state index contributed by atoms with van der Waals surface area (Å²) in [6, 6.07) is -0.470. The standard InChI is InChI=1S/C12H24N2O3/c1-9(2)12(16)7-14(8-12)11(15)10(13)5-4-6-17-3/h9-10,16H,4-8,13H2,1-3H3. The highest BCUT2D eigenvalue weighted by Gasteiger charge is 2.46. The molecule has 1 unspecified atom stereocenters. The summed E-state index contributed by atoms with van der Waals surface area (Å²) in [7, 11) is 1.63. The van der Waals surface area contributed by atoms with Gasteiger partial charge in [0, 0.05) is 13.7 Å². The van der Waals surface area contributed by atoms with Crippen LogP contribution in [0.15, 0.2) is 0 Å². The molecule has 1 amide bonds. The Morgan fingerprint density at radius 1 is 1.53 bits per heavy atom. The van der Waals surface area contributed by atoms with Crippen LogP contribution in [0, 0.1) is 5.92 Å². The molecule has 0 aromatic heterocycles. The fourth-order valence-corrected chi connectivity index (χ4v) is 1.94. The SMILES string of the molecule is COCCCC(N)C(=O)N1CC(O)(C(C)C)C1. The summed E-state index contributed by atoms with van der Waals surface area (Å²) < 4.78 is 4.92. The summed E-state index contributed by atoms with van der Waals surface area (Å²) in [6.45, 7) is 5.35. The zero-order valence-corrected chi connectivity index (χ0v) is 11.0. The summed E-state index contributed by atoms with van der Waals surface area (Å²) in [5, 5.41) is 10.0. The van der Waals surface area contributed by atoms with E-state index in [9.17, 15) is 9.90 Å². The number of aliphatic hydroxyl groups is 1. The lowest BCUT2D eigenvalue weighted by Crippen LogP contribution is -2.68. The van der Waals surface area contributed by atoms with Crippen molar-refractivity contribution in [1.29, 1.82) is 0 Å². The maximum Gasteiger partial charge on any atom is 0.239 e. The first kappa shape index (κ1) is 14.4. The highest BCUT2D eigenvalue weighted by atomic mass is 16.5. The molecule has 100 valence electrons. The molecule has 0 bridgehead atoms. The van der Waals surface area contributed by atoms with Gasteiger partial charge >= 0.3 is 0 Å². The molecule has 1 fully saturated rings. The second-order valence-corrected chi connectivity index (χ2v) is 5.19. The molecule has 1 aliphatic rings. The first-order chi connectivity index (χ1) is 7.90. The minimum atomic E-state index is -0.720. The molecule has 17 heavy (non-hydrogen) atoms. The van der Waals surface area contributed by atoms with Gasteiger partial charge in [0.05, 0.1) is 19.1 Å². The second kappa shape index (κ2) is 5.80. The van der Waals surface area contributed by atoms with Crippen LogP contribution in [-0.2, 0) is 9.53 Å². The van der Waals surface area contributed by atoms with E-state index >= 15 is 0 Å². The van der Waals surface area contributed by atoms with E-state index in [1.54, 1.807) is 12.0 Å². The zero-order chi connectivity index (χ0) is 13.1. The van der Waals surface area contributed by atoms with Crippen LogP contribution in [0.2, 0.25) is 0 Å². The first-order valence-electron chi connectivity index (χ1n) is 6.16. The Bertz CT molecular complexity index is 262. The number of ether oxygens (including phenoxy) is 1. The number of β-amino-alcohol motifs (C(OH)–C–C–N with tert-alkyl or cyclic N) is 1. The van der Waals surface area contributed by atoms with Crippen molar-refractivity contribution in [2.75, 3.05) is 26.8 Å². The number of nitrogens with two attached hydrogens (primary N) is 1. The molecule has 1 saturated heterocycles. The van der Waals surface area contributed by atoms with Crippen molar-refractivity contribution < 1.29 is 14.6 Å². The molecular formula is C12H24N2O3. The molecule has 0 aromatic rings. The number of rotatable bonds is 6. The van der Waals surface area contributed by atoms with Crippen molar-refractivity contribution in [3.8, 4) is 0 Å². The third kappa shape index (κ3) is 3.40. The van der Waals surface area contributed by atoms with Crippen LogP contribution in [-0.4, -0.2) is 54.4 Å². The smallest absolute Gasteiger partial charge is 0.239 e. The maximum absolute atomic E-state index is 11.9.